The molecule has 0 aliphatic rings. The first kappa shape index (κ1) is 19.7. The van der Waals surface area contributed by atoms with Crippen LogP contribution in [0, 0.1) is 10.1 Å². The summed E-state index contributed by atoms with van der Waals surface area (Å²) in [4.78, 5) is 39.6. The van der Waals surface area contributed by atoms with E-state index in [-0.39, 0.29) is 22.6 Å². The Bertz CT molecular complexity index is 1420. The number of fused-ring (bicyclic) bond motifs is 1. The molecule has 0 fully saturated rings. The number of hydrogen-bond acceptors (Lipinski definition) is 6. The van der Waals surface area contributed by atoms with E-state index >= 15 is 0 Å². The third-order valence-corrected chi connectivity index (χ3v) is 4.65. The number of rotatable bonds is 5. The summed E-state index contributed by atoms with van der Waals surface area (Å²) in [5, 5.41) is 22.7. The first-order valence-corrected chi connectivity index (χ1v) is 9.20. The van der Waals surface area contributed by atoms with Crippen LogP contribution in [0.25, 0.3) is 28.7 Å². The minimum atomic E-state index is -1.36. The number of aromatic nitrogens is 2. The minimum Gasteiger partial charge on any atom is -0.545 e. The predicted molar refractivity (Wildman–Crippen MR) is 114 cm³/mol. The van der Waals surface area contributed by atoms with Gasteiger partial charge >= 0.3 is 0 Å². The van der Waals surface area contributed by atoms with E-state index in [1.165, 1.54) is 34.9 Å². The SMILES string of the molecule is O=C([O-])c1cccc(-n2c(/C=C/c3cccc([N+](=O)[O-])c3)nc3ccccc3c2=O)c1. The normalized spacial score (nSPS) is 11.1. The Kier molecular flexibility index (Phi) is 5.11. The monoisotopic (exact) mass is 412 g/mol. The number of nitrogens with zero attached hydrogens (tertiary/aromatic N) is 3. The van der Waals surface area contributed by atoms with Gasteiger partial charge in [-0.3, -0.25) is 19.5 Å². The summed E-state index contributed by atoms with van der Waals surface area (Å²) < 4.78 is 1.29. The van der Waals surface area contributed by atoms with Crippen molar-refractivity contribution < 1.29 is 14.8 Å². The number of non-ortho nitro benzene ring substituents is 1. The van der Waals surface area contributed by atoms with E-state index < -0.39 is 10.9 Å². The van der Waals surface area contributed by atoms with E-state index in [1.807, 2.05) is 0 Å². The molecule has 0 radical (unpaired) electrons. The lowest BCUT2D eigenvalue weighted by Crippen LogP contribution is -2.25. The van der Waals surface area contributed by atoms with Gasteiger partial charge in [0.15, 0.2) is 0 Å². The highest BCUT2D eigenvalue weighted by atomic mass is 16.6. The largest absolute Gasteiger partial charge is 0.545 e. The fourth-order valence-corrected chi connectivity index (χ4v) is 3.20. The van der Waals surface area contributed by atoms with E-state index in [0.29, 0.717) is 22.2 Å². The second kappa shape index (κ2) is 8.03. The molecule has 0 aliphatic heterocycles. The van der Waals surface area contributed by atoms with Gasteiger partial charge in [0.25, 0.3) is 11.2 Å². The van der Waals surface area contributed by atoms with E-state index in [2.05, 4.69) is 4.98 Å². The number of benzene rings is 3. The van der Waals surface area contributed by atoms with Gasteiger partial charge in [-0.2, -0.15) is 0 Å². The number of nitro benzene ring substituents is 1. The molecule has 0 atom stereocenters. The first-order valence-electron chi connectivity index (χ1n) is 9.20. The molecule has 4 rings (SSSR count). The van der Waals surface area contributed by atoms with Gasteiger partial charge in [0.05, 0.1) is 27.5 Å². The van der Waals surface area contributed by atoms with Gasteiger partial charge in [0.2, 0.25) is 0 Å². The van der Waals surface area contributed by atoms with Crippen molar-refractivity contribution in [3.8, 4) is 5.69 Å². The third-order valence-electron chi connectivity index (χ3n) is 4.65. The van der Waals surface area contributed by atoms with Crippen LogP contribution in [0.4, 0.5) is 5.69 Å². The zero-order valence-electron chi connectivity index (χ0n) is 16.0. The van der Waals surface area contributed by atoms with Crippen molar-refractivity contribution in [3.05, 3.63) is 110 Å². The van der Waals surface area contributed by atoms with Crippen LogP contribution < -0.4 is 10.7 Å². The Balaban J connectivity index is 1.92. The molecular formula is C23H14N3O5-. The van der Waals surface area contributed by atoms with Crippen molar-refractivity contribution in [3.63, 3.8) is 0 Å². The first-order chi connectivity index (χ1) is 14.9. The maximum Gasteiger partial charge on any atom is 0.270 e. The Labute approximate surface area is 175 Å². The summed E-state index contributed by atoms with van der Waals surface area (Å²) in [5.74, 6) is -1.12. The Morgan fingerprint density at radius 1 is 0.968 bits per heavy atom. The van der Waals surface area contributed by atoms with Crippen molar-refractivity contribution in [2.75, 3.05) is 0 Å². The van der Waals surface area contributed by atoms with Crippen LogP contribution in [0.2, 0.25) is 0 Å². The molecule has 8 heteroatoms. The number of carbonyl (C=O) groups is 1. The van der Waals surface area contributed by atoms with Crippen LogP contribution in [0.3, 0.4) is 0 Å². The molecule has 1 aromatic heterocycles. The molecular weight excluding hydrogens is 398 g/mol. The molecule has 31 heavy (non-hydrogen) atoms. The van der Waals surface area contributed by atoms with Crippen molar-refractivity contribution >= 4 is 34.7 Å². The number of carboxylic acids is 1. The smallest absolute Gasteiger partial charge is 0.270 e. The Morgan fingerprint density at radius 3 is 2.52 bits per heavy atom. The fraction of sp³-hybridized carbons (Fsp3) is 0. The average molecular weight is 412 g/mol. The highest BCUT2D eigenvalue weighted by Crippen LogP contribution is 2.18. The van der Waals surface area contributed by atoms with Crippen LogP contribution >= 0.6 is 0 Å². The van der Waals surface area contributed by atoms with Gasteiger partial charge in [-0.1, -0.05) is 42.5 Å². The Morgan fingerprint density at radius 2 is 1.74 bits per heavy atom. The van der Waals surface area contributed by atoms with Crippen molar-refractivity contribution in [1.82, 2.24) is 9.55 Å². The number of aromatic carboxylic acids is 1. The molecule has 1 heterocycles. The van der Waals surface area contributed by atoms with Crippen molar-refractivity contribution in [2.45, 2.75) is 0 Å². The summed E-state index contributed by atoms with van der Waals surface area (Å²) in [6, 6.07) is 18.6. The van der Waals surface area contributed by atoms with Crippen LogP contribution in [0.1, 0.15) is 21.7 Å². The second-order valence-corrected chi connectivity index (χ2v) is 6.65. The van der Waals surface area contributed by atoms with Gasteiger partial charge in [-0.15, -0.1) is 0 Å². The zero-order valence-corrected chi connectivity index (χ0v) is 16.0. The predicted octanol–water partition coefficient (Wildman–Crippen LogP) is 2.83. The molecule has 152 valence electrons. The standard InChI is InChI=1S/C23H15N3O5/c27-22-19-9-1-2-10-20(19)24-21(12-11-15-5-3-8-18(13-15)26(30)31)25(22)17-7-4-6-16(14-17)23(28)29/h1-14H,(H,28,29)/p-1/b12-11+. The Hall–Kier alpha value is -4.59. The molecule has 0 saturated heterocycles. The lowest BCUT2D eigenvalue weighted by molar-refractivity contribution is -0.384. The van der Waals surface area contributed by atoms with Gasteiger partial charge in [0.1, 0.15) is 5.82 Å². The molecule has 0 aliphatic carbocycles. The lowest BCUT2D eigenvalue weighted by Gasteiger charge is -2.13. The summed E-state index contributed by atoms with van der Waals surface area (Å²) >= 11 is 0. The van der Waals surface area contributed by atoms with Crippen LogP contribution in [0.5, 0.6) is 0 Å². The molecule has 0 spiro atoms. The highest BCUT2D eigenvalue weighted by molar-refractivity contribution is 5.87. The number of hydrogen-bond donors (Lipinski definition) is 0. The van der Waals surface area contributed by atoms with Crippen molar-refractivity contribution in [2.24, 2.45) is 0 Å². The maximum absolute atomic E-state index is 13.2. The second-order valence-electron chi connectivity index (χ2n) is 6.65. The van der Waals surface area contributed by atoms with E-state index in [0.717, 1.165) is 0 Å². The summed E-state index contributed by atoms with van der Waals surface area (Å²) in [5.41, 5.74) is 0.812. The summed E-state index contributed by atoms with van der Waals surface area (Å²) in [7, 11) is 0. The third kappa shape index (κ3) is 3.95. The molecule has 0 N–H and O–H groups in total. The number of nitro groups is 1. The highest BCUT2D eigenvalue weighted by Gasteiger charge is 2.12. The molecule has 0 amide bonds. The van der Waals surface area contributed by atoms with Crippen molar-refractivity contribution in [1.29, 1.82) is 0 Å². The summed E-state index contributed by atoms with van der Waals surface area (Å²) in [6.45, 7) is 0. The van der Waals surface area contributed by atoms with Gasteiger partial charge < -0.3 is 9.90 Å². The number of para-hydroxylation sites is 1. The molecule has 0 unspecified atom stereocenters. The lowest BCUT2D eigenvalue weighted by atomic mass is 10.1. The zero-order chi connectivity index (χ0) is 22.0. The topological polar surface area (TPSA) is 118 Å². The average Bonchev–Trinajstić information content (AvgIpc) is 2.78. The van der Waals surface area contributed by atoms with Crippen LogP contribution in [0.15, 0.2) is 77.6 Å². The van der Waals surface area contributed by atoms with Gasteiger partial charge in [-0.25, -0.2) is 4.98 Å². The maximum atomic E-state index is 13.2. The molecule has 4 aromatic rings. The van der Waals surface area contributed by atoms with E-state index in [1.54, 1.807) is 54.6 Å². The van der Waals surface area contributed by atoms with Gasteiger partial charge in [0, 0.05) is 12.1 Å². The van der Waals surface area contributed by atoms with E-state index in [9.17, 15) is 24.8 Å². The number of carbonyl (C=O) groups excluding carboxylic acids is 1. The molecule has 0 bridgehead atoms. The quantitative estimate of drug-likeness (QED) is 0.367. The molecule has 3 aromatic carbocycles. The molecule has 0 saturated carbocycles. The summed E-state index contributed by atoms with van der Waals surface area (Å²) in [6.07, 6.45) is 3.15. The van der Waals surface area contributed by atoms with Crippen LogP contribution in [-0.4, -0.2) is 20.4 Å². The van der Waals surface area contributed by atoms with E-state index in [4.69, 9.17) is 0 Å². The number of carboxylic acid groups (broad SMARTS) is 1. The van der Waals surface area contributed by atoms with Gasteiger partial charge in [-0.05, 0) is 41.5 Å². The molecule has 8 nitrogen and oxygen atoms in total. The van der Waals surface area contributed by atoms with Crippen LogP contribution in [-0.2, 0) is 0 Å². The fourth-order valence-electron chi connectivity index (χ4n) is 3.20. The minimum absolute atomic E-state index is 0.0623.